The lowest BCUT2D eigenvalue weighted by Gasteiger charge is -2.21. The molecule has 1 aliphatic rings. The number of rotatable bonds is 4. The van der Waals surface area contributed by atoms with Crippen molar-refractivity contribution in [2.45, 2.75) is 18.4 Å². The second-order valence-corrected chi connectivity index (χ2v) is 5.96. The quantitative estimate of drug-likeness (QED) is 0.480. The molecule has 3 atom stereocenters. The van der Waals surface area contributed by atoms with Crippen molar-refractivity contribution in [2.75, 3.05) is 23.8 Å². The number of aromatic nitrogens is 2. The fourth-order valence-corrected chi connectivity index (χ4v) is 2.02. The first kappa shape index (κ1) is 15.7. The predicted molar refractivity (Wildman–Crippen MR) is 68.8 cm³/mol. The summed E-state index contributed by atoms with van der Waals surface area (Å²) in [6.07, 6.45) is -2.27. The Morgan fingerprint density at radius 1 is 1.52 bits per heavy atom. The lowest BCUT2D eigenvalue weighted by Crippen LogP contribution is -2.47. The lowest BCUT2D eigenvalue weighted by atomic mass is 10.2. The van der Waals surface area contributed by atoms with E-state index < -0.39 is 40.9 Å². The monoisotopic (exact) mass is 322 g/mol. The minimum absolute atomic E-state index is 0.0255. The van der Waals surface area contributed by atoms with E-state index in [9.17, 15) is 23.4 Å². The van der Waals surface area contributed by atoms with E-state index in [1.54, 1.807) is 0 Å². The highest BCUT2D eigenvalue weighted by Crippen LogP contribution is 2.19. The van der Waals surface area contributed by atoms with Gasteiger partial charge in [-0.3, -0.25) is 4.18 Å². The van der Waals surface area contributed by atoms with E-state index in [2.05, 4.69) is 9.17 Å². The summed E-state index contributed by atoms with van der Waals surface area (Å²) in [5, 5.41) is 20.3. The van der Waals surface area contributed by atoms with E-state index in [1.165, 1.54) is 12.3 Å². The molecule has 0 amide bonds. The molecular weight excluding hydrogens is 308 g/mol. The number of nitrogens with zero attached hydrogens (tertiary/aromatic N) is 3. The Kier molecular flexibility index (Phi) is 4.15. The molecule has 12 heteroatoms. The van der Waals surface area contributed by atoms with Crippen molar-refractivity contribution >= 4 is 15.9 Å². The van der Waals surface area contributed by atoms with Gasteiger partial charge in [0.1, 0.15) is 18.0 Å². The fourth-order valence-electron chi connectivity index (χ4n) is 1.64. The van der Waals surface area contributed by atoms with Crippen LogP contribution in [-0.2, 0) is 19.1 Å². The second kappa shape index (κ2) is 5.57. The number of nitrogen functional groups attached to an aromatic ring is 1. The Bertz CT molecular complexity index is 675. The minimum atomic E-state index is -3.74. The van der Waals surface area contributed by atoms with Gasteiger partial charge in [-0.25, -0.2) is 9.63 Å². The smallest absolute Gasteiger partial charge is 0.370 e. The second-order valence-electron chi connectivity index (χ2n) is 4.32. The molecule has 118 valence electrons. The maximum atomic E-state index is 11.6. The standard InChI is InChI=1S/C9H14N4O7S/c1-21(17,18)19-4-5-7(14)8(15)13(20-5)12-3-2-6(10)11-9(12)16/h2-3,5,7-8,14-15H,4H2,1H3,(H2,10,11,16)/t5-,7-,8-/m1/s1. The number of nitrogens with two attached hydrogens (primary N) is 1. The van der Waals surface area contributed by atoms with E-state index in [0.717, 1.165) is 10.9 Å². The van der Waals surface area contributed by atoms with Gasteiger partial charge < -0.3 is 15.9 Å². The SMILES string of the molecule is CS(=O)(=O)OC[C@H]1ON(n2ccc(N)nc2=O)[C@H](O)[C@@H]1O. The van der Waals surface area contributed by atoms with Crippen LogP contribution in [0.5, 0.6) is 0 Å². The predicted octanol–water partition coefficient (Wildman–Crippen LogP) is -3.27. The number of aliphatic hydroxyl groups excluding tert-OH is 2. The normalized spacial score (nSPS) is 26.2. The molecule has 1 aromatic rings. The third-order valence-electron chi connectivity index (χ3n) is 2.62. The van der Waals surface area contributed by atoms with Crippen LogP contribution in [-0.4, -0.2) is 59.6 Å². The summed E-state index contributed by atoms with van der Waals surface area (Å²) in [5.74, 6) is -0.0255. The van der Waals surface area contributed by atoms with Crippen LogP contribution in [0.3, 0.4) is 0 Å². The molecule has 0 aliphatic carbocycles. The first-order chi connectivity index (χ1) is 9.69. The van der Waals surface area contributed by atoms with Crippen molar-refractivity contribution in [2.24, 2.45) is 0 Å². The van der Waals surface area contributed by atoms with Crippen LogP contribution >= 0.6 is 0 Å². The van der Waals surface area contributed by atoms with Crippen molar-refractivity contribution in [3.8, 4) is 0 Å². The molecule has 0 saturated carbocycles. The molecule has 0 radical (unpaired) electrons. The molecule has 0 bridgehead atoms. The Morgan fingerprint density at radius 3 is 2.76 bits per heavy atom. The molecule has 2 rings (SSSR count). The maximum absolute atomic E-state index is 11.6. The first-order valence-electron chi connectivity index (χ1n) is 5.71. The van der Waals surface area contributed by atoms with Gasteiger partial charge in [0.2, 0.25) is 0 Å². The summed E-state index contributed by atoms with van der Waals surface area (Å²) in [4.78, 5) is 20.2. The number of hydrogen-bond acceptors (Lipinski definition) is 10. The van der Waals surface area contributed by atoms with Gasteiger partial charge in [0, 0.05) is 6.20 Å². The van der Waals surface area contributed by atoms with Crippen LogP contribution < -0.4 is 16.6 Å². The van der Waals surface area contributed by atoms with Crippen molar-refractivity contribution in [1.82, 2.24) is 9.66 Å². The summed E-state index contributed by atoms with van der Waals surface area (Å²) in [5.41, 5.74) is 4.49. The van der Waals surface area contributed by atoms with Crippen LogP contribution in [0.15, 0.2) is 17.1 Å². The molecule has 1 aromatic heterocycles. The maximum Gasteiger partial charge on any atom is 0.370 e. The van der Waals surface area contributed by atoms with Gasteiger partial charge in [0.25, 0.3) is 10.1 Å². The van der Waals surface area contributed by atoms with Gasteiger partial charge in [-0.05, 0) is 6.07 Å². The molecular formula is C9H14N4O7S. The largest absolute Gasteiger partial charge is 0.385 e. The number of hydrogen-bond donors (Lipinski definition) is 3. The molecule has 1 saturated heterocycles. The fraction of sp³-hybridized carbons (Fsp3) is 0.556. The zero-order chi connectivity index (χ0) is 15.8. The summed E-state index contributed by atoms with van der Waals surface area (Å²) in [6, 6.07) is 1.28. The molecule has 0 aromatic carbocycles. The highest BCUT2D eigenvalue weighted by Gasteiger charge is 2.43. The molecule has 0 spiro atoms. The molecule has 1 fully saturated rings. The van der Waals surface area contributed by atoms with Gasteiger partial charge in [0.05, 0.1) is 12.9 Å². The summed E-state index contributed by atoms with van der Waals surface area (Å²) >= 11 is 0. The Hall–Kier alpha value is -1.73. The third-order valence-corrected chi connectivity index (χ3v) is 3.19. The molecule has 1 aliphatic heterocycles. The van der Waals surface area contributed by atoms with Crippen molar-refractivity contribution in [1.29, 1.82) is 0 Å². The Labute approximate surface area is 119 Å². The third kappa shape index (κ3) is 3.48. The van der Waals surface area contributed by atoms with E-state index in [4.69, 9.17) is 10.6 Å². The number of hydroxylamine groups is 1. The van der Waals surface area contributed by atoms with Gasteiger partial charge >= 0.3 is 5.69 Å². The van der Waals surface area contributed by atoms with E-state index in [-0.39, 0.29) is 5.82 Å². The summed E-state index contributed by atoms with van der Waals surface area (Å²) in [6.45, 7) is -0.523. The van der Waals surface area contributed by atoms with Gasteiger partial charge in [-0.2, -0.15) is 23.3 Å². The summed E-state index contributed by atoms with van der Waals surface area (Å²) < 4.78 is 27.1. The molecule has 0 unspecified atom stereocenters. The average molecular weight is 322 g/mol. The lowest BCUT2D eigenvalue weighted by molar-refractivity contribution is -0.0165. The van der Waals surface area contributed by atoms with E-state index in [0.29, 0.717) is 5.17 Å². The van der Waals surface area contributed by atoms with Gasteiger partial charge in [-0.15, -0.1) is 0 Å². The van der Waals surface area contributed by atoms with Crippen LogP contribution in [0.2, 0.25) is 0 Å². The number of aliphatic hydroxyl groups is 2. The van der Waals surface area contributed by atoms with E-state index in [1.807, 2.05) is 0 Å². The topological polar surface area (TPSA) is 157 Å². The highest BCUT2D eigenvalue weighted by molar-refractivity contribution is 7.85. The zero-order valence-electron chi connectivity index (χ0n) is 10.9. The van der Waals surface area contributed by atoms with Crippen LogP contribution in [0.25, 0.3) is 0 Å². The average Bonchev–Trinajstić information content (AvgIpc) is 2.64. The number of anilines is 1. The molecule has 4 N–H and O–H groups in total. The molecule has 11 nitrogen and oxygen atoms in total. The Morgan fingerprint density at radius 2 is 2.19 bits per heavy atom. The molecule has 21 heavy (non-hydrogen) atoms. The zero-order valence-corrected chi connectivity index (χ0v) is 11.7. The first-order valence-corrected chi connectivity index (χ1v) is 7.53. The van der Waals surface area contributed by atoms with Crippen molar-refractivity contribution < 1.29 is 27.7 Å². The summed E-state index contributed by atoms with van der Waals surface area (Å²) in [7, 11) is -3.74. The van der Waals surface area contributed by atoms with Crippen molar-refractivity contribution in [3.63, 3.8) is 0 Å². The minimum Gasteiger partial charge on any atom is -0.385 e. The highest BCUT2D eigenvalue weighted by atomic mass is 32.2. The van der Waals surface area contributed by atoms with Crippen LogP contribution in [0.4, 0.5) is 5.82 Å². The van der Waals surface area contributed by atoms with E-state index >= 15 is 0 Å². The van der Waals surface area contributed by atoms with Gasteiger partial charge in [-0.1, -0.05) is 0 Å². The van der Waals surface area contributed by atoms with Crippen molar-refractivity contribution in [3.05, 3.63) is 22.7 Å². The Balaban J connectivity index is 2.18. The van der Waals surface area contributed by atoms with Gasteiger partial charge in [0.15, 0.2) is 6.23 Å². The van der Waals surface area contributed by atoms with Crippen LogP contribution in [0, 0.1) is 0 Å². The molecule has 2 heterocycles. The van der Waals surface area contributed by atoms with Crippen LogP contribution in [0.1, 0.15) is 0 Å².